The van der Waals surface area contributed by atoms with Crippen LogP contribution in [-0.2, 0) is 4.74 Å². The number of carbonyl (C=O) groups excluding carboxylic acids is 1. The van der Waals surface area contributed by atoms with Crippen LogP contribution in [0.4, 0.5) is 4.79 Å². The van der Waals surface area contributed by atoms with Crippen LogP contribution >= 0.6 is 0 Å². The zero-order chi connectivity index (χ0) is 17.6. The molecular weight excluding hydrogens is 294 g/mol. The van der Waals surface area contributed by atoms with Crippen molar-refractivity contribution in [1.82, 2.24) is 9.80 Å². The highest BCUT2D eigenvalue weighted by atomic mass is 16.6. The van der Waals surface area contributed by atoms with E-state index in [9.17, 15) is 4.79 Å². The number of likely N-dealkylation sites (N-methyl/N-ethyl adjacent to an activating group) is 1. The number of nitrogens with two attached hydrogens (primary N) is 2. The fourth-order valence-corrected chi connectivity index (χ4v) is 2.21. The molecular formula is C16H31N5O2. The molecule has 23 heavy (non-hydrogen) atoms. The number of ether oxygens (including phenoxy) is 1. The number of amides is 1. The van der Waals surface area contributed by atoms with Gasteiger partial charge < -0.3 is 26.0 Å². The van der Waals surface area contributed by atoms with Crippen molar-refractivity contribution in [3.63, 3.8) is 0 Å². The number of hydrogen-bond donors (Lipinski definition) is 2. The summed E-state index contributed by atoms with van der Waals surface area (Å²) in [5.74, 6) is 0.772. The minimum atomic E-state index is -0.464. The molecule has 0 unspecified atom stereocenters. The van der Waals surface area contributed by atoms with E-state index in [1.807, 2.05) is 32.7 Å². The lowest BCUT2D eigenvalue weighted by Crippen LogP contribution is -2.37. The molecule has 0 saturated carbocycles. The molecule has 0 saturated heterocycles. The van der Waals surface area contributed by atoms with Crippen LogP contribution in [0.2, 0.25) is 0 Å². The minimum Gasteiger partial charge on any atom is -0.444 e. The van der Waals surface area contributed by atoms with Gasteiger partial charge in [0.1, 0.15) is 11.4 Å². The predicted molar refractivity (Wildman–Crippen MR) is 93.0 cm³/mol. The number of aliphatic imine (C=N–C) groups is 1. The number of carbonyl (C=O) groups is 1. The van der Waals surface area contributed by atoms with Crippen molar-refractivity contribution < 1.29 is 9.53 Å². The van der Waals surface area contributed by atoms with Crippen LogP contribution < -0.4 is 11.5 Å². The van der Waals surface area contributed by atoms with Gasteiger partial charge in [-0.05, 0) is 33.6 Å². The highest BCUT2D eigenvalue weighted by molar-refractivity contribution is 5.98. The minimum absolute atomic E-state index is 0.289. The van der Waals surface area contributed by atoms with E-state index in [0.29, 0.717) is 24.5 Å². The standard InChI is InChI=1S/C16H31N5O2/c1-16(2,3)23-15(22)21(5)11-7-6-10-20(4)14-13(18)12(17)8-9-19-14/h6-11,17-18H2,1-5H3. The van der Waals surface area contributed by atoms with Crippen molar-refractivity contribution in [2.24, 2.45) is 16.5 Å². The summed E-state index contributed by atoms with van der Waals surface area (Å²) in [6, 6.07) is 0. The normalized spacial score (nSPS) is 15.3. The van der Waals surface area contributed by atoms with Gasteiger partial charge in [0.05, 0.1) is 5.70 Å². The van der Waals surface area contributed by atoms with Crippen molar-refractivity contribution in [2.45, 2.75) is 45.6 Å². The van der Waals surface area contributed by atoms with Crippen LogP contribution in [0.1, 0.15) is 40.0 Å². The maximum absolute atomic E-state index is 11.9. The van der Waals surface area contributed by atoms with E-state index < -0.39 is 5.60 Å². The Morgan fingerprint density at radius 1 is 1.22 bits per heavy atom. The molecule has 0 fully saturated rings. The van der Waals surface area contributed by atoms with Gasteiger partial charge in [-0.3, -0.25) is 4.99 Å². The molecule has 1 aliphatic heterocycles. The number of hydrogen-bond acceptors (Lipinski definition) is 6. The van der Waals surface area contributed by atoms with Crippen molar-refractivity contribution in [3.05, 3.63) is 11.4 Å². The van der Waals surface area contributed by atoms with Crippen LogP contribution in [0.3, 0.4) is 0 Å². The van der Waals surface area contributed by atoms with Gasteiger partial charge in [0.25, 0.3) is 0 Å². The van der Waals surface area contributed by atoms with Gasteiger partial charge in [0.2, 0.25) is 0 Å². The van der Waals surface area contributed by atoms with Gasteiger partial charge in [0.15, 0.2) is 0 Å². The fraction of sp³-hybridized carbons (Fsp3) is 0.750. The van der Waals surface area contributed by atoms with E-state index in [4.69, 9.17) is 16.2 Å². The van der Waals surface area contributed by atoms with Crippen molar-refractivity contribution in [2.75, 3.05) is 33.7 Å². The van der Waals surface area contributed by atoms with E-state index in [1.165, 1.54) is 0 Å². The summed E-state index contributed by atoms with van der Waals surface area (Å²) >= 11 is 0. The quantitative estimate of drug-likeness (QED) is 0.747. The molecule has 7 heteroatoms. The smallest absolute Gasteiger partial charge is 0.410 e. The Bertz CT molecular complexity index is 479. The Morgan fingerprint density at radius 2 is 1.83 bits per heavy atom. The molecule has 0 atom stereocenters. The number of unbranched alkanes of at least 4 members (excludes halogenated alkanes) is 1. The Kier molecular flexibility index (Phi) is 6.72. The first-order chi connectivity index (χ1) is 10.6. The Morgan fingerprint density at radius 3 is 2.43 bits per heavy atom. The first kappa shape index (κ1) is 19.1. The van der Waals surface area contributed by atoms with Crippen molar-refractivity contribution in [1.29, 1.82) is 0 Å². The number of amidine groups is 1. The molecule has 7 nitrogen and oxygen atoms in total. The molecule has 1 aliphatic rings. The second kappa shape index (κ2) is 8.08. The summed E-state index contributed by atoms with van der Waals surface area (Å²) in [6.07, 6.45) is 2.24. The Balaban J connectivity index is 2.32. The third-order valence-electron chi connectivity index (χ3n) is 3.53. The van der Waals surface area contributed by atoms with Gasteiger partial charge in [-0.2, -0.15) is 0 Å². The molecule has 1 rings (SSSR count). The molecule has 0 aromatic rings. The monoisotopic (exact) mass is 325 g/mol. The van der Waals surface area contributed by atoms with E-state index in [2.05, 4.69) is 4.99 Å². The molecule has 1 heterocycles. The maximum Gasteiger partial charge on any atom is 0.410 e. The van der Waals surface area contributed by atoms with Crippen LogP contribution in [0.15, 0.2) is 16.4 Å². The summed E-state index contributed by atoms with van der Waals surface area (Å²) in [6.45, 7) is 7.75. The lowest BCUT2D eigenvalue weighted by molar-refractivity contribution is 0.0296. The SMILES string of the molecule is CN(CCCCN(C)C1=NCCC(N)=C1N)C(=O)OC(C)(C)C. The molecule has 0 radical (unpaired) electrons. The average Bonchev–Trinajstić information content (AvgIpc) is 2.44. The van der Waals surface area contributed by atoms with Crippen LogP contribution in [-0.4, -0.2) is 61.1 Å². The first-order valence-electron chi connectivity index (χ1n) is 8.06. The number of nitrogens with zero attached hydrogens (tertiary/aromatic N) is 3. The largest absolute Gasteiger partial charge is 0.444 e. The average molecular weight is 325 g/mol. The summed E-state index contributed by atoms with van der Waals surface area (Å²) in [7, 11) is 3.71. The van der Waals surface area contributed by atoms with E-state index in [0.717, 1.165) is 31.6 Å². The molecule has 0 bridgehead atoms. The Labute approximate surface area is 139 Å². The van der Waals surface area contributed by atoms with E-state index in [-0.39, 0.29) is 6.09 Å². The second-order valence-electron chi connectivity index (χ2n) is 6.92. The zero-order valence-electron chi connectivity index (χ0n) is 15.1. The molecule has 0 aromatic carbocycles. The maximum atomic E-state index is 11.9. The van der Waals surface area contributed by atoms with Crippen LogP contribution in [0.5, 0.6) is 0 Å². The molecule has 132 valence electrons. The van der Waals surface area contributed by atoms with Gasteiger partial charge in [-0.15, -0.1) is 0 Å². The van der Waals surface area contributed by atoms with Crippen LogP contribution in [0, 0.1) is 0 Å². The van der Waals surface area contributed by atoms with E-state index in [1.54, 1.807) is 11.9 Å². The van der Waals surface area contributed by atoms with E-state index >= 15 is 0 Å². The summed E-state index contributed by atoms with van der Waals surface area (Å²) in [5, 5.41) is 0. The lowest BCUT2D eigenvalue weighted by atomic mass is 10.2. The predicted octanol–water partition coefficient (Wildman–Crippen LogP) is 1.50. The highest BCUT2D eigenvalue weighted by Gasteiger charge is 2.19. The second-order valence-corrected chi connectivity index (χ2v) is 6.92. The molecule has 0 aromatic heterocycles. The summed E-state index contributed by atoms with van der Waals surface area (Å²) in [5.41, 5.74) is 12.7. The molecule has 0 spiro atoms. The van der Waals surface area contributed by atoms with Gasteiger partial charge in [-0.25, -0.2) is 4.79 Å². The third-order valence-corrected chi connectivity index (χ3v) is 3.53. The highest BCUT2D eigenvalue weighted by Crippen LogP contribution is 2.11. The first-order valence-corrected chi connectivity index (χ1v) is 8.06. The molecule has 1 amide bonds. The van der Waals surface area contributed by atoms with Gasteiger partial charge in [-0.1, -0.05) is 0 Å². The number of dihydropyridines is 1. The van der Waals surface area contributed by atoms with Crippen LogP contribution in [0.25, 0.3) is 0 Å². The van der Waals surface area contributed by atoms with Crippen molar-refractivity contribution in [3.8, 4) is 0 Å². The molecule has 0 aliphatic carbocycles. The third kappa shape index (κ3) is 6.38. The summed E-state index contributed by atoms with van der Waals surface area (Å²) < 4.78 is 5.32. The topological polar surface area (TPSA) is 97.2 Å². The van der Waals surface area contributed by atoms with Gasteiger partial charge >= 0.3 is 6.09 Å². The van der Waals surface area contributed by atoms with Gasteiger partial charge in [0, 0.05) is 45.8 Å². The number of rotatable bonds is 5. The summed E-state index contributed by atoms with van der Waals surface area (Å²) in [4.78, 5) is 19.9. The van der Waals surface area contributed by atoms with Crippen molar-refractivity contribution >= 4 is 11.9 Å². The lowest BCUT2D eigenvalue weighted by Gasteiger charge is -2.26. The Hall–Kier alpha value is -1.92. The fourth-order valence-electron chi connectivity index (χ4n) is 2.21. The molecule has 4 N–H and O–H groups in total. The zero-order valence-corrected chi connectivity index (χ0v) is 15.1.